The van der Waals surface area contributed by atoms with E-state index in [0.717, 1.165) is 12.8 Å². The first-order valence-electron chi connectivity index (χ1n) is 8.47. The summed E-state index contributed by atoms with van der Waals surface area (Å²) in [5, 5.41) is 0. The Labute approximate surface area is 127 Å². The van der Waals surface area contributed by atoms with Crippen molar-refractivity contribution < 1.29 is 14.0 Å². The van der Waals surface area contributed by atoms with Gasteiger partial charge in [0, 0.05) is 0 Å². The molecule has 0 heterocycles. The van der Waals surface area contributed by atoms with Crippen molar-refractivity contribution in [2.45, 2.75) is 91.9 Å². The zero-order chi connectivity index (χ0) is 15.6. The summed E-state index contributed by atoms with van der Waals surface area (Å²) in [7, 11) is -2.71. The fraction of sp³-hybridized carbons (Fsp3) is 1.00. The first kappa shape index (κ1) is 22.4. The Kier molecular flexibility index (Phi) is 21.5. The second-order valence-electron chi connectivity index (χ2n) is 5.41. The van der Waals surface area contributed by atoms with Crippen LogP contribution in [-0.4, -0.2) is 11.5 Å². The molecule has 0 aromatic carbocycles. The van der Waals surface area contributed by atoms with Crippen molar-refractivity contribution in [3.63, 3.8) is 0 Å². The predicted molar refractivity (Wildman–Crippen MR) is 89.5 cm³/mol. The molecule has 0 fully saturated rings. The molecular formula is C16H37O3P. The van der Waals surface area contributed by atoms with Gasteiger partial charge in [-0.2, -0.15) is 0 Å². The Morgan fingerprint density at radius 3 is 1.75 bits per heavy atom. The molecule has 0 aromatic rings. The molecule has 0 rings (SSSR count). The number of hydrogen-bond acceptors (Lipinski definition) is 2. The van der Waals surface area contributed by atoms with Crippen LogP contribution in [0, 0.1) is 5.92 Å². The Morgan fingerprint density at radius 2 is 1.40 bits per heavy atom. The molecule has 0 saturated carbocycles. The summed E-state index contributed by atoms with van der Waals surface area (Å²) in [6, 6.07) is 0. The van der Waals surface area contributed by atoms with Gasteiger partial charge in [-0.15, -0.1) is 0 Å². The van der Waals surface area contributed by atoms with Gasteiger partial charge in [-0.25, -0.2) is 0 Å². The molecule has 0 aliphatic carbocycles. The van der Waals surface area contributed by atoms with Gasteiger partial charge in [0.15, 0.2) is 0 Å². The summed E-state index contributed by atoms with van der Waals surface area (Å²) in [6.45, 7) is 9.17. The van der Waals surface area contributed by atoms with E-state index in [4.69, 9.17) is 9.42 Å². The Bertz CT molecular complexity index is 192. The van der Waals surface area contributed by atoms with E-state index in [1.807, 2.05) is 0 Å². The topological polar surface area (TPSA) is 46.5 Å². The standard InChI is InChI=1S/C8H19O3P.C8H18/c1-3-5-6-8(4-2)7-11-12(9)10;1-3-5-7-8-6-4-2/h8,12H,3-7H2,1-2H3,(H,9,10);3-8H2,1-2H3. The van der Waals surface area contributed by atoms with Crippen LogP contribution in [0.5, 0.6) is 0 Å². The molecule has 0 spiro atoms. The summed E-state index contributed by atoms with van der Waals surface area (Å²) in [6.07, 6.45) is 13.0. The highest BCUT2D eigenvalue weighted by atomic mass is 31.1. The second kappa shape index (κ2) is 19.1. The lowest BCUT2D eigenvalue weighted by molar-refractivity contribution is 0.218. The first-order chi connectivity index (χ1) is 9.62. The van der Waals surface area contributed by atoms with Gasteiger partial charge < -0.3 is 9.42 Å². The monoisotopic (exact) mass is 308 g/mol. The number of hydrogen-bond donors (Lipinski definition) is 1. The van der Waals surface area contributed by atoms with Crippen LogP contribution in [0.15, 0.2) is 0 Å². The average molecular weight is 308 g/mol. The number of unbranched alkanes of at least 4 members (excludes halogenated alkanes) is 6. The smallest absolute Gasteiger partial charge is 0.316 e. The zero-order valence-electron chi connectivity index (χ0n) is 14.1. The molecule has 0 aliphatic rings. The van der Waals surface area contributed by atoms with E-state index >= 15 is 0 Å². The van der Waals surface area contributed by atoms with Gasteiger partial charge >= 0.3 is 8.25 Å². The molecule has 2 unspecified atom stereocenters. The maximum absolute atomic E-state index is 10.3. The van der Waals surface area contributed by atoms with E-state index < -0.39 is 8.25 Å². The van der Waals surface area contributed by atoms with Crippen molar-refractivity contribution in [2.75, 3.05) is 6.61 Å². The fourth-order valence-corrected chi connectivity index (χ4v) is 2.32. The van der Waals surface area contributed by atoms with E-state index in [1.165, 1.54) is 51.4 Å². The van der Waals surface area contributed by atoms with Crippen LogP contribution in [0.25, 0.3) is 0 Å². The predicted octanol–water partition coefficient (Wildman–Crippen LogP) is 5.97. The lowest BCUT2D eigenvalue weighted by Gasteiger charge is -2.12. The van der Waals surface area contributed by atoms with Crippen LogP contribution >= 0.6 is 8.25 Å². The quantitative estimate of drug-likeness (QED) is 0.357. The minimum absolute atomic E-state index is 0.435. The van der Waals surface area contributed by atoms with Crippen LogP contribution in [0.4, 0.5) is 0 Å². The van der Waals surface area contributed by atoms with Crippen LogP contribution in [-0.2, 0) is 9.09 Å². The van der Waals surface area contributed by atoms with E-state index in [-0.39, 0.29) is 0 Å². The molecule has 1 N–H and O–H groups in total. The minimum atomic E-state index is -2.71. The zero-order valence-corrected chi connectivity index (χ0v) is 15.1. The van der Waals surface area contributed by atoms with Crippen LogP contribution in [0.2, 0.25) is 0 Å². The molecule has 4 heteroatoms. The molecule has 0 saturated heterocycles. The van der Waals surface area contributed by atoms with Crippen molar-refractivity contribution in [1.29, 1.82) is 0 Å². The van der Waals surface area contributed by atoms with Gasteiger partial charge in [-0.05, 0) is 12.3 Å². The maximum atomic E-state index is 10.3. The van der Waals surface area contributed by atoms with Crippen molar-refractivity contribution in [1.82, 2.24) is 0 Å². The van der Waals surface area contributed by atoms with Crippen molar-refractivity contribution in [3.05, 3.63) is 0 Å². The van der Waals surface area contributed by atoms with Crippen molar-refractivity contribution >= 4 is 8.25 Å². The second-order valence-corrected chi connectivity index (χ2v) is 6.23. The molecule has 0 radical (unpaired) electrons. The highest BCUT2D eigenvalue weighted by Crippen LogP contribution is 2.20. The van der Waals surface area contributed by atoms with Gasteiger partial charge in [0.1, 0.15) is 0 Å². The van der Waals surface area contributed by atoms with Gasteiger partial charge in [0.05, 0.1) is 6.61 Å². The van der Waals surface area contributed by atoms with E-state index in [9.17, 15) is 4.57 Å². The van der Waals surface area contributed by atoms with Gasteiger partial charge in [-0.3, -0.25) is 4.57 Å². The third-order valence-corrected chi connectivity index (χ3v) is 3.86. The van der Waals surface area contributed by atoms with E-state index in [0.29, 0.717) is 12.5 Å². The van der Waals surface area contributed by atoms with Crippen LogP contribution < -0.4 is 0 Å². The first-order valence-corrected chi connectivity index (χ1v) is 9.74. The highest BCUT2D eigenvalue weighted by molar-refractivity contribution is 7.32. The van der Waals surface area contributed by atoms with Gasteiger partial charge in [0.2, 0.25) is 0 Å². The summed E-state index contributed by atoms with van der Waals surface area (Å²) < 4.78 is 15.0. The average Bonchev–Trinajstić information content (AvgIpc) is 2.44. The molecular weight excluding hydrogens is 271 g/mol. The fourth-order valence-electron chi connectivity index (χ4n) is 1.94. The van der Waals surface area contributed by atoms with E-state index in [2.05, 4.69) is 27.7 Å². The molecule has 20 heavy (non-hydrogen) atoms. The summed E-state index contributed by atoms with van der Waals surface area (Å²) >= 11 is 0. The number of rotatable bonds is 12. The molecule has 2 atom stereocenters. The normalized spacial score (nSPS) is 13.4. The van der Waals surface area contributed by atoms with Crippen molar-refractivity contribution in [2.24, 2.45) is 5.92 Å². The van der Waals surface area contributed by atoms with Crippen LogP contribution in [0.3, 0.4) is 0 Å². The lowest BCUT2D eigenvalue weighted by Crippen LogP contribution is -2.05. The van der Waals surface area contributed by atoms with Gasteiger partial charge in [-0.1, -0.05) is 85.5 Å². The van der Waals surface area contributed by atoms with E-state index in [1.54, 1.807) is 0 Å². The Morgan fingerprint density at radius 1 is 0.900 bits per heavy atom. The summed E-state index contributed by atoms with van der Waals surface area (Å²) in [5.74, 6) is 0.450. The molecule has 124 valence electrons. The molecule has 0 amide bonds. The summed E-state index contributed by atoms with van der Waals surface area (Å²) in [5.41, 5.74) is 0. The maximum Gasteiger partial charge on any atom is 0.316 e. The Hall–Kier alpha value is 0.150. The van der Waals surface area contributed by atoms with Gasteiger partial charge in [0.25, 0.3) is 0 Å². The molecule has 0 aliphatic heterocycles. The lowest BCUT2D eigenvalue weighted by atomic mass is 10.0. The minimum Gasteiger partial charge on any atom is -0.326 e. The SMILES string of the molecule is CCCCC(CC)CO[PH](=O)O.CCCCCCCC. The molecule has 0 aromatic heterocycles. The van der Waals surface area contributed by atoms with Crippen LogP contribution in [0.1, 0.15) is 91.9 Å². The molecule has 3 nitrogen and oxygen atoms in total. The molecule has 0 bridgehead atoms. The summed E-state index contributed by atoms with van der Waals surface area (Å²) in [4.78, 5) is 8.45. The van der Waals surface area contributed by atoms with Crippen molar-refractivity contribution in [3.8, 4) is 0 Å². The Balaban J connectivity index is 0. The third kappa shape index (κ3) is 20.5. The third-order valence-electron chi connectivity index (χ3n) is 3.44. The largest absolute Gasteiger partial charge is 0.326 e. The highest BCUT2D eigenvalue weighted by Gasteiger charge is 2.06.